The summed E-state index contributed by atoms with van der Waals surface area (Å²) >= 11 is 2.03. The quantitative estimate of drug-likeness (QED) is 0.433. The highest BCUT2D eigenvalue weighted by molar-refractivity contribution is 14.1. The van der Waals surface area contributed by atoms with Gasteiger partial charge in [-0.1, -0.05) is 52.9 Å². The number of alkyl halides is 1. The molecule has 92 valence electrons. The number of carbonyl (C=O) groups is 2. The van der Waals surface area contributed by atoms with Crippen molar-refractivity contribution in [1.29, 1.82) is 0 Å². The van der Waals surface area contributed by atoms with Gasteiger partial charge in [0.2, 0.25) is 0 Å². The summed E-state index contributed by atoms with van der Waals surface area (Å²) in [6.45, 7) is 0.305. The molecular formula is C13H15IO3. The van der Waals surface area contributed by atoms with E-state index in [4.69, 9.17) is 4.74 Å². The zero-order valence-electron chi connectivity index (χ0n) is 9.52. The van der Waals surface area contributed by atoms with Crippen LogP contribution in [0, 0.1) is 0 Å². The summed E-state index contributed by atoms with van der Waals surface area (Å²) in [4.78, 5) is 22.4. The van der Waals surface area contributed by atoms with Gasteiger partial charge < -0.3 is 4.74 Å². The van der Waals surface area contributed by atoms with Crippen LogP contribution in [0.1, 0.15) is 24.8 Å². The van der Waals surface area contributed by atoms with Gasteiger partial charge in [-0.3, -0.25) is 9.59 Å². The van der Waals surface area contributed by atoms with Crippen LogP contribution in [-0.2, 0) is 20.9 Å². The summed E-state index contributed by atoms with van der Waals surface area (Å²) in [5.74, 6) is -0.0587. The van der Waals surface area contributed by atoms with Crippen LogP contribution in [0.4, 0.5) is 0 Å². The Hall–Kier alpha value is -0.910. The van der Waals surface area contributed by atoms with Crippen molar-refractivity contribution >= 4 is 34.3 Å². The van der Waals surface area contributed by atoms with E-state index in [1.165, 1.54) is 0 Å². The maximum Gasteiger partial charge on any atom is 0.306 e. The maximum absolute atomic E-state index is 11.4. The van der Waals surface area contributed by atoms with E-state index in [9.17, 15) is 9.59 Å². The Kier molecular flexibility index (Phi) is 6.84. The number of esters is 1. The minimum atomic E-state index is -0.241. The van der Waals surface area contributed by atoms with Gasteiger partial charge in [-0.15, -0.1) is 0 Å². The van der Waals surface area contributed by atoms with E-state index >= 15 is 0 Å². The number of hydrogen-bond donors (Lipinski definition) is 0. The molecule has 0 spiro atoms. The van der Waals surface area contributed by atoms with Gasteiger partial charge in [-0.05, 0) is 12.0 Å². The van der Waals surface area contributed by atoms with Crippen LogP contribution in [0.5, 0.6) is 0 Å². The lowest BCUT2D eigenvalue weighted by Crippen LogP contribution is -2.06. The molecule has 0 unspecified atom stereocenters. The summed E-state index contributed by atoms with van der Waals surface area (Å²) in [5, 5.41) is 0. The van der Waals surface area contributed by atoms with Crippen LogP contribution in [0.3, 0.4) is 0 Å². The van der Waals surface area contributed by atoms with Crippen molar-refractivity contribution in [1.82, 2.24) is 0 Å². The largest absolute Gasteiger partial charge is 0.461 e. The molecule has 0 N–H and O–H groups in total. The third kappa shape index (κ3) is 6.41. The molecule has 0 radical (unpaired) electrons. The highest BCUT2D eigenvalue weighted by atomic mass is 127. The van der Waals surface area contributed by atoms with E-state index in [1.54, 1.807) is 0 Å². The number of rotatable bonds is 7. The zero-order valence-corrected chi connectivity index (χ0v) is 11.7. The number of carbonyl (C=O) groups excluding carboxylic acids is 2. The molecule has 0 saturated carbocycles. The van der Waals surface area contributed by atoms with Crippen molar-refractivity contribution in [3.05, 3.63) is 35.9 Å². The molecule has 0 fully saturated rings. The molecule has 0 aliphatic carbocycles. The highest BCUT2D eigenvalue weighted by Gasteiger charge is 2.05. The molecule has 17 heavy (non-hydrogen) atoms. The molecule has 0 aliphatic rings. The highest BCUT2D eigenvalue weighted by Crippen LogP contribution is 2.04. The number of Topliss-reactive ketones (excluding diaryl/α,β-unsaturated/α-hetero) is 1. The second-order valence-corrected chi connectivity index (χ2v) is 4.43. The fourth-order valence-electron chi connectivity index (χ4n) is 1.31. The molecule has 0 saturated heterocycles. The lowest BCUT2D eigenvalue weighted by atomic mass is 10.2. The zero-order chi connectivity index (χ0) is 12.5. The van der Waals surface area contributed by atoms with E-state index in [0.29, 0.717) is 30.3 Å². The summed E-state index contributed by atoms with van der Waals surface area (Å²) in [6, 6.07) is 9.55. The van der Waals surface area contributed by atoms with Gasteiger partial charge in [-0.25, -0.2) is 0 Å². The predicted molar refractivity (Wildman–Crippen MR) is 74.0 cm³/mol. The first-order chi connectivity index (χ1) is 8.22. The lowest BCUT2D eigenvalue weighted by Gasteiger charge is -2.04. The molecule has 0 bridgehead atoms. The Bertz CT molecular complexity index is 362. The molecule has 0 atom stereocenters. The van der Waals surface area contributed by atoms with Gasteiger partial charge in [0, 0.05) is 12.8 Å². The third-order valence-electron chi connectivity index (χ3n) is 2.23. The van der Waals surface area contributed by atoms with Gasteiger partial charge in [0.05, 0.1) is 4.43 Å². The van der Waals surface area contributed by atoms with Crippen molar-refractivity contribution in [2.45, 2.75) is 25.9 Å². The molecule has 1 aromatic rings. The van der Waals surface area contributed by atoms with Crippen LogP contribution in [0.25, 0.3) is 0 Å². The predicted octanol–water partition coefficient (Wildman–Crippen LogP) is 2.90. The minimum Gasteiger partial charge on any atom is -0.461 e. The molecule has 0 amide bonds. The Labute approximate surface area is 115 Å². The van der Waals surface area contributed by atoms with E-state index < -0.39 is 0 Å². The summed E-state index contributed by atoms with van der Waals surface area (Å²) in [7, 11) is 0. The number of benzene rings is 1. The topological polar surface area (TPSA) is 43.4 Å². The van der Waals surface area contributed by atoms with Crippen LogP contribution in [0.2, 0.25) is 0 Å². The molecule has 1 aromatic carbocycles. The molecule has 3 nitrogen and oxygen atoms in total. The minimum absolute atomic E-state index is 0.182. The first-order valence-corrected chi connectivity index (χ1v) is 7.02. The second kappa shape index (κ2) is 8.22. The molecular weight excluding hydrogens is 331 g/mol. The fourth-order valence-corrected chi connectivity index (χ4v) is 1.69. The summed E-state index contributed by atoms with van der Waals surface area (Å²) in [6.07, 6.45) is 1.36. The monoisotopic (exact) mass is 346 g/mol. The number of ketones is 1. The third-order valence-corrected chi connectivity index (χ3v) is 3.08. The molecule has 0 aliphatic heterocycles. The normalized spacial score (nSPS) is 9.94. The Morgan fingerprint density at radius 2 is 1.82 bits per heavy atom. The summed E-state index contributed by atoms with van der Waals surface area (Å²) < 4.78 is 5.60. The molecule has 4 heteroatoms. The van der Waals surface area contributed by atoms with Crippen molar-refractivity contribution in [2.75, 3.05) is 4.43 Å². The second-order valence-electron chi connectivity index (χ2n) is 3.67. The molecule has 0 aromatic heterocycles. The van der Waals surface area contributed by atoms with Crippen molar-refractivity contribution in [3.63, 3.8) is 0 Å². The molecule has 0 heterocycles. The first-order valence-electron chi connectivity index (χ1n) is 5.49. The average Bonchev–Trinajstić information content (AvgIpc) is 2.37. The fraction of sp³-hybridized carbons (Fsp3) is 0.385. The SMILES string of the molecule is O=C(CI)CCCC(=O)OCc1ccccc1. The van der Waals surface area contributed by atoms with E-state index in [2.05, 4.69) is 0 Å². The van der Waals surface area contributed by atoms with E-state index in [0.717, 1.165) is 5.56 Å². The van der Waals surface area contributed by atoms with Crippen molar-refractivity contribution in [3.8, 4) is 0 Å². The van der Waals surface area contributed by atoms with Gasteiger partial charge in [0.15, 0.2) is 0 Å². The van der Waals surface area contributed by atoms with E-state index in [-0.39, 0.29) is 11.8 Å². The van der Waals surface area contributed by atoms with Crippen LogP contribution >= 0.6 is 22.6 Å². The van der Waals surface area contributed by atoms with Crippen LogP contribution < -0.4 is 0 Å². The Balaban J connectivity index is 2.16. The Morgan fingerprint density at radius 1 is 1.12 bits per heavy atom. The first kappa shape index (κ1) is 14.2. The lowest BCUT2D eigenvalue weighted by molar-refractivity contribution is -0.145. The standard InChI is InChI=1S/C13H15IO3/c14-9-12(15)7-4-8-13(16)17-10-11-5-2-1-3-6-11/h1-3,5-6H,4,7-10H2. The summed E-state index contributed by atoms with van der Waals surface area (Å²) in [5.41, 5.74) is 0.976. The van der Waals surface area contributed by atoms with E-state index in [1.807, 2.05) is 52.9 Å². The van der Waals surface area contributed by atoms with Crippen LogP contribution in [-0.4, -0.2) is 16.2 Å². The van der Waals surface area contributed by atoms with Gasteiger partial charge in [0.25, 0.3) is 0 Å². The smallest absolute Gasteiger partial charge is 0.306 e. The van der Waals surface area contributed by atoms with Crippen LogP contribution in [0.15, 0.2) is 30.3 Å². The average molecular weight is 346 g/mol. The number of hydrogen-bond acceptors (Lipinski definition) is 3. The van der Waals surface area contributed by atoms with Crippen molar-refractivity contribution < 1.29 is 14.3 Å². The van der Waals surface area contributed by atoms with Gasteiger partial charge in [0.1, 0.15) is 12.4 Å². The van der Waals surface area contributed by atoms with Gasteiger partial charge in [-0.2, -0.15) is 0 Å². The number of ether oxygens (including phenoxy) is 1. The molecule has 1 rings (SSSR count). The Morgan fingerprint density at radius 3 is 2.47 bits per heavy atom. The van der Waals surface area contributed by atoms with Crippen molar-refractivity contribution in [2.24, 2.45) is 0 Å². The number of halogens is 1. The van der Waals surface area contributed by atoms with Gasteiger partial charge >= 0.3 is 5.97 Å². The maximum atomic E-state index is 11.4.